The molecular formula is C25H31N3O5S. The highest BCUT2D eigenvalue weighted by Gasteiger charge is 2.48. The molecule has 4 atom stereocenters. The lowest BCUT2D eigenvalue weighted by atomic mass is 10.0. The zero-order valence-corrected chi connectivity index (χ0v) is 20.5. The molecule has 0 spiro atoms. The maximum absolute atomic E-state index is 13.2. The third-order valence-corrected chi connectivity index (χ3v) is 8.55. The van der Waals surface area contributed by atoms with E-state index in [4.69, 9.17) is 9.47 Å². The van der Waals surface area contributed by atoms with Gasteiger partial charge in [0, 0.05) is 31.8 Å². The van der Waals surface area contributed by atoms with Crippen LogP contribution in [-0.2, 0) is 14.9 Å². The number of methoxy groups -OCH3 is 1. The number of carbonyl (C=O) groups is 1. The van der Waals surface area contributed by atoms with E-state index in [1.807, 2.05) is 32.0 Å². The minimum Gasteiger partial charge on any atom is -0.486 e. The van der Waals surface area contributed by atoms with E-state index in [0.717, 1.165) is 17.5 Å². The molecule has 0 bridgehead atoms. The quantitative estimate of drug-likeness (QED) is 0.652. The molecule has 182 valence electrons. The summed E-state index contributed by atoms with van der Waals surface area (Å²) in [4.78, 5) is 14.9. The molecule has 2 aliphatic heterocycles. The largest absolute Gasteiger partial charge is 0.486 e. The Morgan fingerprint density at radius 1 is 1.00 bits per heavy atom. The number of carbonyl (C=O) groups excluding carboxylic acids is 1. The number of piperidine rings is 1. The summed E-state index contributed by atoms with van der Waals surface area (Å²) in [6.45, 7) is 5.91. The molecule has 0 radical (unpaired) electrons. The van der Waals surface area contributed by atoms with E-state index in [2.05, 4.69) is 4.72 Å². The van der Waals surface area contributed by atoms with Gasteiger partial charge in [-0.2, -0.15) is 12.7 Å². The number of likely N-dealkylation sites (tertiary alicyclic amines) is 1. The van der Waals surface area contributed by atoms with E-state index in [1.54, 1.807) is 36.3 Å². The first-order valence-corrected chi connectivity index (χ1v) is 13.1. The average Bonchev–Trinajstić information content (AvgIpc) is 3.21. The fourth-order valence-electron chi connectivity index (χ4n) is 4.96. The van der Waals surface area contributed by atoms with Crippen LogP contribution in [0.25, 0.3) is 0 Å². The predicted octanol–water partition coefficient (Wildman–Crippen LogP) is 2.83. The highest BCUT2D eigenvalue weighted by atomic mass is 32.2. The van der Waals surface area contributed by atoms with Gasteiger partial charge in [0.2, 0.25) is 0 Å². The summed E-state index contributed by atoms with van der Waals surface area (Å²) < 4.78 is 41.5. The third kappa shape index (κ3) is 4.64. The van der Waals surface area contributed by atoms with Crippen molar-refractivity contribution >= 4 is 21.8 Å². The number of nitrogens with one attached hydrogen (secondary N) is 1. The Morgan fingerprint density at radius 2 is 1.74 bits per heavy atom. The van der Waals surface area contributed by atoms with Crippen LogP contribution in [0.4, 0.5) is 5.69 Å². The zero-order valence-electron chi connectivity index (χ0n) is 19.7. The Morgan fingerprint density at radius 3 is 2.47 bits per heavy atom. The number of ether oxygens (including phenoxy) is 2. The molecule has 9 heteroatoms. The summed E-state index contributed by atoms with van der Waals surface area (Å²) in [6.07, 6.45) is 0.489. The van der Waals surface area contributed by atoms with Gasteiger partial charge >= 0.3 is 10.2 Å². The van der Waals surface area contributed by atoms with Crippen molar-refractivity contribution in [2.24, 2.45) is 11.8 Å². The molecule has 4 unspecified atom stereocenters. The number of anilines is 1. The number of fused-ring (bicyclic) bond motifs is 1. The van der Waals surface area contributed by atoms with E-state index in [9.17, 15) is 13.2 Å². The first-order valence-electron chi connectivity index (χ1n) is 11.7. The Kier molecular flexibility index (Phi) is 6.03. The van der Waals surface area contributed by atoms with Gasteiger partial charge < -0.3 is 14.4 Å². The molecule has 1 saturated carbocycles. The maximum atomic E-state index is 13.2. The van der Waals surface area contributed by atoms with Crippen LogP contribution >= 0.6 is 0 Å². The lowest BCUT2D eigenvalue weighted by Crippen LogP contribution is -2.35. The van der Waals surface area contributed by atoms with E-state index < -0.39 is 10.2 Å². The number of hydrogen-bond acceptors (Lipinski definition) is 5. The standard InChI is InChI=1S/C25H31N3O5S/c1-16-7-8-17(2)22(9-16)25(29)27-14-23(32-3)24(15-27)33-21-6-4-5-20(11-21)26-34(30,31)28-12-18-10-19(18)13-28/h4-9,11,18-19,23-24,26H,10,12-15H2,1-3H3. The highest BCUT2D eigenvalue weighted by Crippen LogP contribution is 2.45. The number of amides is 1. The monoisotopic (exact) mass is 485 g/mol. The molecule has 1 aliphatic carbocycles. The van der Waals surface area contributed by atoms with E-state index in [0.29, 0.717) is 55.0 Å². The molecule has 1 amide bonds. The van der Waals surface area contributed by atoms with Gasteiger partial charge in [-0.15, -0.1) is 0 Å². The van der Waals surface area contributed by atoms with Gasteiger partial charge in [-0.25, -0.2) is 0 Å². The molecule has 2 aromatic rings. The first kappa shape index (κ1) is 23.1. The molecule has 2 heterocycles. The van der Waals surface area contributed by atoms with Gasteiger partial charge in [-0.3, -0.25) is 9.52 Å². The minimum atomic E-state index is -3.58. The van der Waals surface area contributed by atoms with Gasteiger partial charge in [-0.1, -0.05) is 23.8 Å². The smallest absolute Gasteiger partial charge is 0.301 e. The SMILES string of the molecule is COC1CN(C(=O)c2cc(C)ccc2C)CC1Oc1cccc(NS(=O)(=O)N2CC3CC3C2)c1. The van der Waals surface area contributed by atoms with Crippen molar-refractivity contribution in [1.82, 2.24) is 9.21 Å². The molecule has 0 aromatic heterocycles. The second kappa shape index (κ2) is 8.87. The van der Waals surface area contributed by atoms with Crippen LogP contribution in [0.1, 0.15) is 27.9 Å². The summed E-state index contributed by atoms with van der Waals surface area (Å²) in [5, 5.41) is 0. The van der Waals surface area contributed by atoms with Crippen molar-refractivity contribution in [3.63, 3.8) is 0 Å². The fraction of sp³-hybridized carbons (Fsp3) is 0.480. The molecule has 3 fully saturated rings. The molecule has 3 aliphatic rings. The number of nitrogens with zero attached hydrogens (tertiary/aromatic N) is 2. The molecule has 2 saturated heterocycles. The van der Waals surface area contributed by atoms with Crippen LogP contribution in [0, 0.1) is 25.7 Å². The molecule has 8 nitrogen and oxygen atoms in total. The summed E-state index contributed by atoms with van der Waals surface area (Å²) >= 11 is 0. The van der Waals surface area contributed by atoms with E-state index in [-0.39, 0.29) is 18.1 Å². The van der Waals surface area contributed by atoms with Gasteiger partial charge in [-0.05, 0) is 55.9 Å². The summed E-state index contributed by atoms with van der Waals surface area (Å²) in [5.41, 5.74) is 3.11. The molecule has 2 aromatic carbocycles. The van der Waals surface area contributed by atoms with Crippen LogP contribution in [-0.4, -0.2) is 69.0 Å². The molecule has 5 rings (SSSR count). The van der Waals surface area contributed by atoms with Crippen molar-refractivity contribution in [2.75, 3.05) is 38.0 Å². The Labute approximate surface area is 201 Å². The van der Waals surface area contributed by atoms with Gasteiger partial charge in [0.25, 0.3) is 5.91 Å². The van der Waals surface area contributed by atoms with Gasteiger partial charge in [0.15, 0.2) is 0 Å². The zero-order chi connectivity index (χ0) is 24.0. The van der Waals surface area contributed by atoms with Crippen LogP contribution in [0.15, 0.2) is 42.5 Å². The fourth-order valence-corrected chi connectivity index (χ4v) is 6.29. The summed E-state index contributed by atoms with van der Waals surface area (Å²) in [5.74, 6) is 1.53. The van der Waals surface area contributed by atoms with Gasteiger partial charge in [0.05, 0.1) is 18.8 Å². The number of hydrogen-bond donors (Lipinski definition) is 1. The highest BCUT2D eigenvalue weighted by molar-refractivity contribution is 7.90. The van der Waals surface area contributed by atoms with E-state index in [1.165, 1.54) is 4.31 Å². The van der Waals surface area contributed by atoms with Crippen LogP contribution in [0.2, 0.25) is 0 Å². The lowest BCUT2D eigenvalue weighted by molar-refractivity contribution is 0.0340. The third-order valence-electron chi connectivity index (χ3n) is 7.08. The second-order valence-corrected chi connectivity index (χ2v) is 11.3. The van der Waals surface area contributed by atoms with Crippen LogP contribution in [0.5, 0.6) is 5.75 Å². The molecule has 34 heavy (non-hydrogen) atoms. The number of aryl methyl sites for hydroxylation is 2. The molecular weight excluding hydrogens is 454 g/mol. The second-order valence-electron chi connectivity index (χ2n) is 9.67. The Bertz CT molecular complexity index is 1190. The van der Waals surface area contributed by atoms with E-state index >= 15 is 0 Å². The van der Waals surface area contributed by atoms with Crippen molar-refractivity contribution in [2.45, 2.75) is 32.5 Å². The van der Waals surface area contributed by atoms with Crippen LogP contribution < -0.4 is 9.46 Å². The minimum absolute atomic E-state index is 0.0421. The van der Waals surface area contributed by atoms with Crippen molar-refractivity contribution < 1.29 is 22.7 Å². The Balaban J connectivity index is 1.26. The number of rotatable bonds is 7. The average molecular weight is 486 g/mol. The predicted molar refractivity (Wildman–Crippen MR) is 129 cm³/mol. The Hall–Kier alpha value is -2.62. The summed E-state index contributed by atoms with van der Waals surface area (Å²) in [7, 11) is -1.97. The normalized spacial score (nSPS) is 26.4. The molecule has 1 N–H and O–H groups in total. The van der Waals surface area contributed by atoms with Gasteiger partial charge in [0.1, 0.15) is 18.0 Å². The lowest BCUT2D eigenvalue weighted by Gasteiger charge is -2.21. The first-order chi connectivity index (χ1) is 16.2. The van der Waals surface area contributed by atoms with Crippen LogP contribution in [0.3, 0.4) is 0 Å². The summed E-state index contributed by atoms with van der Waals surface area (Å²) in [6, 6.07) is 12.8. The van der Waals surface area contributed by atoms with Crippen molar-refractivity contribution in [3.8, 4) is 5.75 Å². The topological polar surface area (TPSA) is 88.2 Å². The maximum Gasteiger partial charge on any atom is 0.301 e. The van der Waals surface area contributed by atoms with Crippen molar-refractivity contribution in [3.05, 3.63) is 59.2 Å². The van der Waals surface area contributed by atoms with Crippen molar-refractivity contribution in [1.29, 1.82) is 0 Å². The number of benzene rings is 2.